The quantitative estimate of drug-likeness (QED) is 0.205. The Morgan fingerprint density at radius 2 is 1.82 bits per heavy atom. The summed E-state index contributed by atoms with van der Waals surface area (Å²) in [6.45, 7) is 15.8. The van der Waals surface area contributed by atoms with E-state index in [1.807, 2.05) is 12.6 Å². The maximum Gasteiger partial charge on any atom is 0.190 e. The molecule has 8 unspecified atom stereocenters. The summed E-state index contributed by atoms with van der Waals surface area (Å²) in [5.74, 6) is 5.21. The second-order valence-corrected chi connectivity index (χ2v) is 17.2. The Bertz CT molecular complexity index is 1250. The molecule has 6 aliphatic rings. The first kappa shape index (κ1) is 32.7. The van der Waals surface area contributed by atoms with Crippen LogP contribution < -0.4 is 0 Å². The molecular weight excluding hydrogens is 558 g/mol. The van der Waals surface area contributed by atoms with Crippen molar-refractivity contribution in [1.29, 1.82) is 0 Å². The number of ether oxygens (including phenoxy) is 1. The van der Waals surface area contributed by atoms with Crippen LogP contribution in [0.1, 0.15) is 138 Å². The normalized spacial score (nSPS) is 40.6. The predicted molar refractivity (Wildman–Crippen MR) is 188 cm³/mol. The van der Waals surface area contributed by atoms with Crippen LogP contribution in [0.15, 0.2) is 50.5 Å². The van der Waals surface area contributed by atoms with Crippen LogP contribution in [0.3, 0.4) is 0 Å². The van der Waals surface area contributed by atoms with Crippen LogP contribution in [0.5, 0.6) is 0 Å². The van der Waals surface area contributed by atoms with Crippen LogP contribution in [0.2, 0.25) is 0 Å². The molecule has 6 aliphatic carbocycles. The lowest BCUT2D eigenvalue weighted by atomic mass is 9.39. The van der Waals surface area contributed by atoms with Gasteiger partial charge in [-0.05, 0) is 153 Å². The Morgan fingerprint density at radius 3 is 2.52 bits per heavy atom. The van der Waals surface area contributed by atoms with Crippen LogP contribution in [0.4, 0.5) is 0 Å². The molecule has 3 heteroatoms. The first-order chi connectivity index (χ1) is 21.1. The van der Waals surface area contributed by atoms with Crippen LogP contribution in [0.25, 0.3) is 0 Å². The van der Waals surface area contributed by atoms with Gasteiger partial charge in [-0.3, -0.25) is 4.99 Å². The van der Waals surface area contributed by atoms with Gasteiger partial charge in [-0.15, -0.1) is 0 Å². The van der Waals surface area contributed by atoms with Gasteiger partial charge in [-0.25, -0.2) is 0 Å². The molecule has 44 heavy (non-hydrogen) atoms. The van der Waals surface area contributed by atoms with E-state index in [9.17, 15) is 0 Å². The molecule has 0 heterocycles. The summed E-state index contributed by atoms with van der Waals surface area (Å²) in [6, 6.07) is 0. The van der Waals surface area contributed by atoms with E-state index in [2.05, 4.69) is 64.8 Å². The summed E-state index contributed by atoms with van der Waals surface area (Å²) in [7, 11) is 1.90. The highest BCUT2D eigenvalue weighted by Crippen LogP contribution is 2.72. The van der Waals surface area contributed by atoms with Crippen molar-refractivity contribution in [2.45, 2.75) is 138 Å². The van der Waals surface area contributed by atoms with E-state index >= 15 is 0 Å². The lowest BCUT2D eigenvalue weighted by Crippen LogP contribution is -2.58. The van der Waals surface area contributed by atoms with Gasteiger partial charge in [0.05, 0.1) is 12.5 Å². The van der Waals surface area contributed by atoms with Crippen molar-refractivity contribution in [2.75, 3.05) is 13.7 Å². The number of aliphatic imine (C=N–C) groups is 1. The van der Waals surface area contributed by atoms with Crippen molar-refractivity contribution in [3.8, 4) is 0 Å². The van der Waals surface area contributed by atoms with E-state index in [0.717, 1.165) is 66.9 Å². The Balaban J connectivity index is 1.28. The fourth-order valence-electron chi connectivity index (χ4n) is 12.4. The highest BCUT2D eigenvalue weighted by Gasteiger charge is 2.63. The van der Waals surface area contributed by atoms with Gasteiger partial charge in [0.15, 0.2) is 5.90 Å². The number of hydrogen-bond donors (Lipinski definition) is 0. The summed E-state index contributed by atoms with van der Waals surface area (Å²) in [5.41, 5.74) is 8.08. The summed E-state index contributed by atoms with van der Waals surface area (Å²) in [5, 5.41) is 0.952. The maximum absolute atomic E-state index is 6.66. The van der Waals surface area contributed by atoms with Gasteiger partial charge < -0.3 is 4.74 Å². The second-order valence-electron chi connectivity index (χ2n) is 16.7. The molecule has 0 amide bonds. The Morgan fingerprint density at radius 1 is 1.00 bits per heavy atom. The number of halogens is 1. The zero-order valence-electron chi connectivity index (χ0n) is 29.2. The molecule has 0 saturated heterocycles. The monoisotopic (exact) mass is 619 g/mol. The predicted octanol–water partition coefficient (Wildman–Crippen LogP) is 12.0. The van der Waals surface area contributed by atoms with Gasteiger partial charge in [0, 0.05) is 12.1 Å². The molecule has 0 aliphatic heterocycles. The molecule has 0 aromatic rings. The van der Waals surface area contributed by atoms with Crippen LogP contribution in [0, 0.1) is 51.8 Å². The minimum absolute atomic E-state index is 0.209. The van der Waals surface area contributed by atoms with Crippen molar-refractivity contribution < 1.29 is 4.74 Å². The van der Waals surface area contributed by atoms with E-state index in [-0.39, 0.29) is 11.3 Å². The largest absolute Gasteiger partial charge is 0.481 e. The zero-order chi connectivity index (χ0) is 31.3. The topological polar surface area (TPSA) is 21.6 Å². The smallest absolute Gasteiger partial charge is 0.190 e. The molecule has 0 spiro atoms. The van der Waals surface area contributed by atoms with Gasteiger partial charge >= 0.3 is 0 Å². The number of nitrogens with zero attached hydrogens (tertiary/aromatic N) is 1. The van der Waals surface area contributed by atoms with Gasteiger partial charge in [0.2, 0.25) is 0 Å². The molecule has 0 aromatic carbocycles. The fraction of sp³-hybridized carbons (Fsp3) is 0.780. The van der Waals surface area contributed by atoms with Crippen molar-refractivity contribution in [3.63, 3.8) is 0 Å². The molecule has 0 aromatic heterocycles. The Hall–Kier alpha value is -1.28. The fourth-order valence-corrected chi connectivity index (χ4v) is 12.5. The summed E-state index contributed by atoms with van der Waals surface area (Å²) in [4.78, 5) is 4.67. The minimum Gasteiger partial charge on any atom is -0.481 e. The van der Waals surface area contributed by atoms with E-state index in [4.69, 9.17) is 16.3 Å². The second kappa shape index (κ2) is 12.7. The third kappa shape index (κ3) is 5.44. The van der Waals surface area contributed by atoms with Crippen molar-refractivity contribution in [1.82, 2.24) is 0 Å². The van der Waals surface area contributed by atoms with E-state index < -0.39 is 0 Å². The van der Waals surface area contributed by atoms with Gasteiger partial charge in [0.1, 0.15) is 0 Å². The molecule has 8 atom stereocenters. The summed E-state index contributed by atoms with van der Waals surface area (Å²) < 4.78 is 6.66. The molecule has 4 saturated carbocycles. The van der Waals surface area contributed by atoms with Crippen molar-refractivity contribution in [3.05, 3.63) is 45.6 Å². The Labute approximate surface area is 275 Å². The number of fused-ring (bicyclic) bond motifs is 7. The molecule has 2 nitrogen and oxygen atoms in total. The molecular formula is C41H62ClNO. The lowest BCUT2D eigenvalue weighted by Gasteiger charge is -2.66. The first-order valence-corrected chi connectivity index (χ1v) is 19.0. The maximum atomic E-state index is 6.66. The van der Waals surface area contributed by atoms with Crippen molar-refractivity contribution >= 4 is 17.5 Å². The highest BCUT2D eigenvalue weighted by atomic mass is 35.5. The van der Waals surface area contributed by atoms with E-state index in [1.54, 1.807) is 11.1 Å². The highest BCUT2D eigenvalue weighted by molar-refractivity contribution is 6.29. The Kier molecular flexibility index (Phi) is 9.45. The minimum atomic E-state index is 0.209. The van der Waals surface area contributed by atoms with Gasteiger partial charge in [0.25, 0.3) is 0 Å². The standard InChI is InChI=1S/C41H62ClNO/c1-8-11-30-26-41(24-25-44-38(43-7)28(4)29-13-15-32(42)16-14-29)23-20-34-33(37(41)36(30)27(2)3)17-18-35-39(5)21-10-9-12-31(39)19-22-40(34,35)6/h11,13,15,27-28,31,33-35H,8-10,12,14,16-26H2,1-7H3/b30-11-,43-38?. The van der Waals surface area contributed by atoms with Crippen LogP contribution >= 0.6 is 11.6 Å². The molecule has 0 bridgehead atoms. The summed E-state index contributed by atoms with van der Waals surface area (Å²) in [6.07, 6.45) is 26.8. The average molecular weight is 620 g/mol. The number of hydrogen-bond acceptors (Lipinski definition) is 2. The van der Waals surface area contributed by atoms with Crippen molar-refractivity contribution in [2.24, 2.45) is 56.7 Å². The van der Waals surface area contributed by atoms with Gasteiger partial charge in [-0.1, -0.05) is 82.4 Å². The molecule has 0 N–H and O–H groups in total. The van der Waals surface area contributed by atoms with Crippen LogP contribution in [-0.2, 0) is 4.74 Å². The first-order valence-electron chi connectivity index (χ1n) is 18.7. The molecule has 6 rings (SSSR count). The SMILES string of the molecule is CC/C=C1/CC2(CCOC(=NC)C(C)C3=CC=C(Cl)CC3)CCC3C(CCC4C5(C)CCCCC5CCC34C)C2=C1C(C)C. The van der Waals surface area contributed by atoms with E-state index in [1.165, 1.54) is 76.2 Å². The van der Waals surface area contributed by atoms with Gasteiger partial charge in [-0.2, -0.15) is 0 Å². The zero-order valence-corrected chi connectivity index (χ0v) is 30.0. The third-order valence-electron chi connectivity index (χ3n) is 14.4. The number of rotatable bonds is 7. The molecule has 4 fully saturated rings. The van der Waals surface area contributed by atoms with Crippen LogP contribution in [-0.4, -0.2) is 19.6 Å². The number of allylic oxidation sites excluding steroid dienone is 7. The van der Waals surface area contributed by atoms with E-state index in [0.29, 0.717) is 16.7 Å². The molecule has 0 radical (unpaired) electrons. The average Bonchev–Trinajstić information content (AvgIpc) is 3.34. The summed E-state index contributed by atoms with van der Waals surface area (Å²) >= 11 is 6.27. The molecule has 244 valence electrons. The third-order valence-corrected chi connectivity index (χ3v) is 14.7. The lowest BCUT2D eigenvalue weighted by molar-refractivity contribution is -0.151.